The van der Waals surface area contributed by atoms with Crippen molar-refractivity contribution in [2.45, 2.75) is 24.8 Å². The van der Waals surface area contributed by atoms with Crippen molar-refractivity contribution in [1.29, 1.82) is 0 Å². The summed E-state index contributed by atoms with van der Waals surface area (Å²) in [6.07, 6.45) is 0. The molecule has 5 nitrogen and oxygen atoms in total. The zero-order valence-electron chi connectivity index (χ0n) is 10.4. The summed E-state index contributed by atoms with van der Waals surface area (Å²) < 4.78 is 31.5. The summed E-state index contributed by atoms with van der Waals surface area (Å²) in [6.45, 7) is 3.49. The molecule has 0 radical (unpaired) electrons. The maximum Gasteiger partial charge on any atom is 0.240 e. The quantitative estimate of drug-likeness (QED) is 0.791. The Labute approximate surface area is 112 Å². The van der Waals surface area contributed by atoms with Crippen LogP contribution in [0.4, 0.5) is 0 Å². The highest BCUT2D eigenvalue weighted by atomic mass is 32.2. The van der Waals surface area contributed by atoms with Gasteiger partial charge in [0.2, 0.25) is 10.0 Å². The molecule has 1 aromatic rings. The number of ether oxygens (including phenoxy) is 1. The summed E-state index contributed by atoms with van der Waals surface area (Å²) >= 11 is 4.87. The summed E-state index contributed by atoms with van der Waals surface area (Å²) in [5.41, 5.74) is 5.94. The first-order valence-corrected chi connectivity index (χ1v) is 7.17. The van der Waals surface area contributed by atoms with Crippen LogP contribution in [-0.2, 0) is 10.0 Å². The Kier molecular flexibility index (Phi) is 4.66. The average Bonchev–Trinajstić information content (AvgIpc) is 2.26. The smallest absolute Gasteiger partial charge is 0.240 e. The molecule has 18 heavy (non-hydrogen) atoms. The number of rotatable bonds is 5. The van der Waals surface area contributed by atoms with Crippen LogP contribution in [0, 0.1) is 0 Å². The SMILES string of the molecule is COc1ccc(S(=O)(=O)NC(C)C)cc1C(N)=S. The highest BCUT2D eigenvalue weighted by molar-refractivity contribution is 7.89. The van der Waals surface area contributed by atoms with E-state index in [0.29, 0.717) is 11.3 Å². The molecule has 0 saturated heterocycles. The van der Waals surface area contributed by atoms with Crippen LogP contribution >= 0.6 is 12.2 Å². The number of thiocarbonyl (C=S) groups is 1. The molecule has 0 bridgehead atoms. The molecule has 0 aromatic heterocycles. The minimum Gasteiger partial charge on any atom is -0.496 e. The van der Waals surface area contributed by atoms with Crippen molar-refractivity contribution in [1.82, 2.24) is 4.72 Å². The van der Waals surface area contributed by atoms with E-state index in [4.69, 9.17) is 22.7 Å². The fourth-order valence-corrected chi connectivity index (χ4v) is 2.86. The second-order valence-electron chi connectivity index (χ2n) is 4.00. The predicted octanol–water partition coefficient (Wildman–Crippen LogP) is 1.02. The maximum atomic E-state index is 12.0. The van der Waals surface area contributed by atoms with E-state index in [9.17, 15) is 8.42 Å². The van der Waals surface area contributed by atoms with Crippen LogP contribution in [0.15, 0.2) is 23.1 Å². The lowest BCUT2D eigenvalue weighted by molar-refractivity contribution is 0.413. The van der Waals surface area contributed by atoms with Gasteiger partial charge < -0.3 is 10.5 Å². The monoisotopic (exact) mass is 288 g/mol. The van der Waals surface area contributed by atoms with E-state index in [2.05, 4.69) is 4.72 Å². The van der Waals surface area contributed by atoms with Crippen molar-refractivity contribution in [3.63, 3.8) is 0 Å². The van der Waals surface area contributed by atoms with E-state index >= 15 is 0 Å². The fourth-order valence-electron chi connectivity index (χ4n) is 1.43. The van der Waals surface area contributed by atoms with Crippen LogP contribution in [0.5, 0.6) is 5.75 Å². The van der Waals surface area contributed by atoms with Crippen molar-refractivity contribution >= 4 is 27.2 Å². The Balaban J connectivity index is 3.28. The molecule has 0 amide bonds. The number of methoxy groups -OCH3 is 1. The molecule has 100 valence electrons. The van der Waals surface area contributed by atoms with E-state index in [1.54, 1.807) is 13.8 Å². The number of hydrogen-bond donors (Lipinski definition) is 2. The van der Waals surface area contributed by atoms with Gasteiger partial charge in [0, 0.05) is 6.04 Å². The zero-order chi connectivity index (χ0) is 13.9. The number of benzene rings is 1. The van der Waals surface area contributed by atoms with Crippen molar-refractivity contribution in [3.8, 4) is 5.75 Å². The van der Waals surface area contributed by atoms with E-state index in [-0.39, 0.29) is 15.9 Å². The summed E-state index contributed by atoms with van der Waals surface area (Å²) in [5.74, 6) is 0.450. The third kappa shape index (κ3) is 3.41. The first kappa shape index (κ1) is 14.9. The lowest BCUT2D eigenvalue weighted by atomic mass is 10.2. The first-order chi connectivity index (χ1) is 8.27. The van der Waals surface area contributed by atoms with Crippen molar-refractivity contribution < 1.29 is 13.2 Å². The van der Waals surface area contributed by atoms with Gasteiger partial charge in [-0.25, -0.2) is 13.1 Å². The second kappa shape index (κ2) is 5.64. The number of nitrogens with one attached hydrogen (secondary N) is 1. The van der Waals surface area contributed by atoms with Gasteiger partial charge in [0.15, 0.2) is 0 Å². The van der Waals surface area contributed by atoms with E-state index in [1.807, 2.05) is 0 Å². The number of hydrogen-bond acceptors (Lipinski definition) is 4. The highest BCUT2D eigenvalue weighted by Crippen LogP contribution is 2.22. The van der Waals surface area contributed by atoms with Gasteiger partial charge in [-0.1, -0.05) is 12.2 Å². The van der Waals surface area contributed by atoms with Crippen molar-refractivity contribution in [3.05, 3.63) is 23.8 Å². The molecule has 0 atom stereocenters. The first-order valence-electron chi connectivity index (χ1n) is 5.28. The lowest BCUT2D eigenvalue weighted by Gasteiger charge is -2.12. The third-order valence-electron chi connectivity index (χ3n) is 2.14. The minimum absolute atomic E-state index is 0.0912. The lowest BCUT2D eigenvalue weighted by Crippen LogP contribution is -2.30. The van der Waals surface area contributed by atoms with Crippen LogP contribution in [-0.4, -0.2) is 26.6 Å². The standard InChI is InChI=1S/C11H16N2O3S2/c1-7(2)13-18(14,15)8-4-5-10(16-3)9(6-8)11(12)17/h4-7,13H,1-3H3,(H2,12,17). The van der Waals surface area contributed by atoms with Crippen LogP contribution in [0.2, 0.25) is 0 Å². The van der Waals surface area contributed by atoms with Gasteiger partial charge in [0.1, 0.15) is 10.7 Å². The molecule has 0 saturated carbocycles. The fraction of sp³-hybridized carbons (Fsp3) is 0.364. The largest absolute Gasteiger partial charge is 0.496 e. The second-order valence-corrected chi connectivity index (χ2v) is 6.16. The molecule has 0 fully saturated rings. The molecular formula is C11H16N2O3S2. The molecule has 1 aromatic carbocycles. The Hall–Kier alpha value is -1.18. The minimum atomic E-state index is -3.56. The van der Waals surface area contributed by atoms with Gasteiger partial charge in [0.05, 0.1) is 17.6 Å². The molecule has 1 rings (SSSR count). The molecule has 0 aliphatic carbocycles. The zero-order valence-corrected chi connectivity index (χ0v) is 12.1. The summed E-state index contributed by atoms with van der Waals surface area (Å²) in [4.78, 5) is 0.202. The highest BCUT2D eigenvalue weighted by Gasteiger charge is 2.18. The maximum absolute atomic E-state index is 12.0. The van der Waals surface area contributed by atoms with Crippen molar-refractivity contribution in [2.75, 3.05) is 7.11 Å². The van der Waals surface area contributed by atoms with Gasteiger partial charge in [-0.2, -0.15) is 0 Å². The molecular weight excluding hydrogens is 272 g/mol. The number of nitrogens with two attached hydrogens (primary N) is 1. The van der Waals surface area contributed by atoms with Gasteiger partial charge in [-0.3, -0.25) is 0 Å². The molecule has 7 heteroatoms. The summed E-state index contributed by atoms with van der Waals surface area (Å²) in [5, 5.41) is 0. The Morgan fingerprint density at radius 1 is 1.44 bits per heavy atom. The molecule has 0 unspecified atom stereocenters. The Morgan fingerprint density at radius 3 is 2.50 bits per heavy atom. The molecule has 3 N–H and O–H groups in total. The Bertz CT molecular complexity index is 553. The molecule has 0 spiro atoms. The summed E-state index contributed by atoms with van der Waals surface area (Å²) in [7, 11) is -2.09. The van der Waals surface area contributed by atoms with E-state index in [0.717, 1.165) is 0 Å². The van der Waals surface area contributed by atoms with Crippen molar-refractivity contribution in [2.24, 2.45) is 5.73 Å². The topological polar surface area (TPSA) is 81.4 Å². The van der Waals surface area contributed by atoms with Gasteiger partial charge in [0.25, 0.3) is 0 Å². The van der Waals surface area contributed by atoms with E-state index in [1.165, 1.54) is 25.3 Å². The van der Waals surface area contributed by atoms with Crippen LogP contribution in [0.1, 0.15) is 19.4 Å². The van der Waals surface area contributed by atoms with Crippen LogP contribution < -0.4 is 15.2 Å². The average molecular weight is 288 g/mol. The molecule has 0 aliphatic rings. The van der Waals surface area contributed by atoms with Gasteiger partial charge in [-0.05, 0) is 32.0 Å². The Morgan fingerprint density at radius 2 is 2.06 bits per heavy atom. The van der Waals surface area contributed by atoms with Gasteiger partial charge >= 0.3 is 0 Å². The van der Waals surface area contributed by atoms with E-state index < -0.39 is 10.0 Å². The van der Waals surface area contributed by atoms with Crippen LogP contribution in [0.3, 0.4) is 0 Å². The summed E-state index contributed by atoms with van der Waals surface area (Å²) in [6, 6.07) is 4.20. The van der Waals surface area contributed by atoms with Crippen LogP contribution in [0.25, 0.3) is 0 Å². The predicted molar refractivity (Wildman–Crippen MR) is 74.3 cm³/mol. The normalized spacial score (nSPS) is 11.6. The number of sulfonamides is 1. The third-order valence-corrected chi connectivity index (χ3v) is 4.01. The molecule has 0 aliphatic heterocycles. The van der Waals surface area contributed by atoms with Gasteiger partial charge in [-0.15, -0.1) is 0 Å². The molecule has 0 heterocycles.